The van der Waals surface area contributed by atoms with Crippen LogP contribution in [0.25, 0.3) is 22.2 Å². The fourth-order valence-corrected chi connectivity index (χ4v) is 4.43. The average Bonchev–Trinajstić information content (AvgIpc) is 3.28. The van der Waals surface area contributed by atoms with Crippen LogP contribution in [0.15, 0.2) is 85.2 Å². The molecule has 1 aromatic heterocycles. The lowest BCUT2D eigenvalue weighted by atomic mass is 10.0. The largest absolute Gasteiger partial charge is 0.330 e. The summed E-state index contributed by atoms with van der Waals surface area (Å²) in [5.74, 6) is 1.06. The van der Waals surface area contributed by atoms with Gasteiger partial charge in [0.15, 0.2) is 0 Å². The van der Waals surface area contributed by atoms with Crippen LogP contribution in [-0.2, 0) is 13.1 Å². The SMILES string of the molecule is c1ccc(-c2nccn2CCN2CCN(Cc3cccc4ccccc34)CC2)cc1. The van der Waals surface area contributed by atoms with Crippen LogP contribution < -0.4 is 0 Å². The fraction of sp³-hybridized carbons (Fsp3) is 0.269. The second-order valence-corrected chi connectivity index (χ2v) is 8.07. The number of nitrogens with zero attached hydrogens (tertiary/aromatic N) is 4. The van der Waals surface area contributed by atoms with Gasteiger partial charge in [0, 0.05) is 63.8 Å². The Morgan fingerprint density at radius 2 is 1.43 bits per heavy atom. The highest BCUT2D eigenvalue weighted by molar-refractivity contribution is 5.85. The van der Waals surface area contributed by atoms with Crippen molar-refractivity contribution < 1.29 is 0 Å². The van der Waals surface area contributed by atoms with Crippen molar-refractivity contribution in [1.29, 1.82) is 0 Å². The third-order valence-corrected chi connectivity index (χ3v) is 6.14. The minimum atomic E-state index is 0.980. The molecule has 4 aromatic rings. The Morgan fingerprint density at radius 3 is 2.30 bits per heavy atom. The molecule has 5 rings (SSSR count). The number of piperazine rings is 1. The predicted molar refractivity (Wildman–Crippen MR) is 123 cm³/mol. The van der Waals surface area contributed by atoms with Gasteiger partial charge < -0.3 is 4.57 Å². The summed E-state index contributed by atoms with van der Waals surface area (Å²) in [6, 6.07) is 25.8. The standard InChI is InChI=1S/C26H28N4/c1-2-8-23(9-3-1)26-27-13-14-30(26)20-19-28-15-17-29(18-16-28)21-24-11-6-10-22-7-4-5-12-25(22)24/h1-14H,15-21H2. The number of rotatable bonds is 6. The molecule has 4 nitrogen and oxygen atoms in total. The zero-order valence-corrected chi connectivity index (χ0v) is 17.3. The molecule has 30 heavy (non-hydrogen) atoms. The van der Waals surface area contributed by atoms with Crippen LogP contribution in [0.4, 0.5) is 0 Å². The van der Waals surface area contributed by atoms with Gasteiger partial charge in [-0.05, 0) is 16.3 Å². The normalized spacial score (nSPS) is 15.6. The lowest BCUT2D eigenvalue weighted by Gasteiger charge is -2.35. The third-order valence-electron chi connectivity index (χ3n) is 6.14. The van der Waals surface area contributed by atoms with Crippen LogP contribution in [-0.4, -0.2) is 52.1 Å². The zero-order valence-electron chi connectivity index (χ0n) is 17.3. The van der Waals surface area contributed by atoms with Crippen molar-refractivity contribution in [2.45, 2.75) is 13.1 Å². The number of aromatic nitrogens is 2. The van der Waals surface area contributed by atoms with Crippen molar-refractivity contribution in [2.24, 2.45) is 0 Å². The first-order chi connectivity index (χ1) is 14.9. The summed E-state index contributed by atoms with van der Waals surface area (Å²) in [5, 5.41) is 2.72. The Balaban J connectivity index is 1.16. The van der Waals surface area contributed by atoms with Gasteiger partial charge >= 0.3 is 0 Å². The van der Waals surface area contributed by atoms with E-state index in [1.165, 1.54) is 21.9 Å². The molecule has 0 saturated carbocycles. The minimum Gasteiger partial charge on any atom is -0.330 e. The van der Waals surface area contributed by atoms with Gasteiger partial charge in [-0.3, -0.25) is 9.80 Å². The highest BCUT2D eigenvalue weighted by atomic mass is 15.3. The van der Waals surface area contributed by atoms with E-state index in [2.05, 4.69) is 98.3 Å². The lowest BCUT2D eigenvalue weighted by Crippen LogP contribution is -2.46. The zero-order chi connectivity index (χ0) is 20.2. The molecular formula is C26H28N4. The van der Waals surface area contributed by atoms with Crippen molar-refractivity contribution in [3.05, 3.63) is 90.8 Å². The molecule has 2 heterocycles. The number of fused-ring (bicyclic) bond motifs is 1. The first-order valence-electron chi connectivity index (χ1n) is 10.8. The van der Waals surface area contributed by atoms with E-state index < -0.39 is 0 Å². The maximum absolute atomic E-state index is 4.57. The van der Waals surface area contributed by atoms with Crippen molar-refractivity contribution in [2.75, 3.05) is 32.7 Å². The molecule has 152 valence electrons. The minimum absolute atomic E-state index is 0.980. The molecule has 0 radical (unpaired) electrons. The molecule has 1 aliphatic heterocycles. The van der Waals surface area contributed by atoms with Gasteiger partial charge in [-0.2, -0.15) is 0 Å². The highest BCUT2D eigenvalue weighted by Crippen LogP contribution is 2.21. The van der Waals surface area contributed by atoms with Crippen molar-refractivity contribution in [3.63, 3.8) is 0 Å². The van der Waals surface area contributed by atoms with Crippen LogP contribution in [0.5, 0.6) is 0 Å². The summed E-state index contributed by atoms with van der Waals surface area (Å²) in [6.07, 6.45) is 4.00. The Kier molecular flexibility index (Phi) is 5.60. The van der Waals surface area contributed by atoms with Gasteiger partial charge in [0.05, 0.1) is 0 Å². The third kappa shape index (κ3) is 4.16. The average molecular weight is 397 g/mol. The highest BCUT2D eigenvalue weighted by Gasteiger charge is 2.18. The Bertz CT molecular complexity index is 1090. The molecule has 0 spiro atoms. The van der Waals surface area contributed by atoms with Crippen LogP contribution >= 0.6 is 0 Å². The van der Waals surface area contributed by atoms with Gasteiger partial charge in [-0.1, -0.05) is 72.8 Å². The molecule has 0 unspecified atom stereocenters. The fourth-order valence-electron chi connectivity index (χ4n) is 4.43. The lowest BCUT2D eigenvalue weighted by molar-refractivity contribution is 0.124. The van der Waals surface area contributed by atoms with Gasteiger partial charge in [-0.25, -0.2) is 4.98 Å². The van der Waals surface area contributed by atoms with E-state index in [4.69, 9.17) is 0 Å². The molecular weight excluding hydrogens is 368 g/mol. The topological polar surface area (TPSA) is 24.3 Å². The van der Waals surface area contributed by atoms with Gasteiger partial charge in [-0.15, -0.1) is 0 Å². The molecule has 0 amide bonds. The van der Waals surface area contributed by atoms with Crippen LogP contribution in [0.1, 0.15) is 5.56 Å². The van der Waals surface area contributed by atoms with E-state index in [-0.39, 0.29) is 0 Å². The van der Waals surface area contributed by atoms with Crippen molar-refractivity contribution in [3.8, 4) is 11.4 Å². The van der Waals surface area contributed by atoms with Gasteiger partial charge in [0.25, 0.3) is 0 Å². The number of imidazole rings is 1. The van der Waals surface area contributed by atoms with Crippen molar-refractivity contribution >= 4 is 10.8 Å². The quantitative estimate of drug-likeness (QED) is 0.479. The Labute approximate surface area is 178 Å². The first-order valence-corrected chi connectivity index (χ1v) is 10.8. The van der Waals surface area contributed by atoms with Crippen LogP contribution in [0, 0.1) is 0 Å². The number of hydrogen-bond donors (Lipinski definition) is 0. The molecule has 0 bridgehead atoms. The van der Waals surface area contributed by atoms with E-state index >= 15 is 0 Å². The maximum atomic E-state index is 4.57. The smallest absolute Gasteiger partial charge is 0.139 e. The van der Waals surface area contributed by atoms with E-state index in [0.29, 0.717) is 0 Å². The van der Waals surface area contributed by atoms with Crippen molar-refractivity contribution in [1.82, 2.24) is 19.4 Å². The number of hydrogen-bond acceptors (Lipinski definition) is 3. The van der Waals surface area contributed by atoms with E-state index in [9.17, 15) is 0 Å². The molecule has 1 saturated heterocycles. The maximum Gasteiger partial charge on any atom is 0.139 e. The Hall–Kier alpha value is -2.95. The summed E-state index contributed by atoms with van der Waals surface area (Å²) in [4.78, 5) is 9.74. The summed E-state index contributed by atoms with van der Waals surface area (Å²) in [6.45, 7) is 7.58. The molecule has 0 N–H and O–H groups in total. The molecule has 4 heteroatoms. The molecule has 1 fully saturated rings. The second kappa shape index (κ2) is 8.82. The van der Waals surface area contributed by atoms with E-state index in [0.717, 1.165) is 51.6 Å². The monoisotopic (exact) mass is 396 g/mol. The molecule has 0 aliphatic carbocycles. The molecule has 1 aliphatic rings. The summed E-state index contributed by atoms with van der Waals surface area (Å²) >= 11 is 0. The summed E-state index contributed by atoms with van der Waals surface area (Å²) in [7, 11) is 0. The van der Waals surface area contributed by atoms with E-state index in [1.54, 1.807) is 0 Å². The van der Waals surface area contributed by atoms with Gasteiger partial charge in [0.1, 0.15) is 5.82 Å². The second-order valence-electron chi connectivity index (χ2n) is 8.07. The molecule has 3 aromatic carbocycles. The Morgan fingerprint density at radius 1 is 0.700 bits per heavy atom. The predicted octanol–water partition coefficient (Wildman–Crippen LogP) is 4.52. The summed E-state index contributed by atoms with van der Waals surface area (Å²) in [5.41, 5.74) is 2.62. The number of benzene rings is 3. The van der Waals surface area contributed by atoms with Gasteiger partial charge in [0.2, 0.25) is 0 Å². The van der Waals surface area contributed by atoms with Crippen LogP contribution in [0.3, 0.4) is 0 Å². The van der Waals surface area contributed by atoms with E-state index in [1.807, 2.05) is 6.20 Å². The summed E-state index contributed by atoms with van der Waals surface area (Å²) < 4.78 is 2.28. The van der Waals surface area contributed by atoms with Crippen LogP contribution in [0.2, 0.25) is 0 Å². The first kappa shape index (κ1) is 19.0. The molecule has 0 atom stereocenters.